The SMILES string of the molecule is CC(O)S(=O)(=O)c1cc([N+](=O)[O-])ccc1C1CNCCO1. The van der Waals surface area contributed by atoms with Crippen molar-refractivity contribution >= 4 is 15.5 Å². The average molecular weight is 316 g/mol. The Kier molecular flexibility index (Phi) is 4.57. The van der Waals surface area contributed by atoms with Gasteiger partial charge < -0.3 is 15.2 Å². The molecule has 21 heavy (non-hydrogen) atoms. The van der Waals surface area contributed by atoms with Gasteiger partial charge in [-0.15, -0.1) is 0 Å². The zero-order valence-electron chi connectivity index (χ0n) is 11.4. The first-order valence-corrected chi connectivity index (χ1v) is 7.91. The van der Waals surface area contributed by atoms with Crippen molar-refractivity contribution in [3.8, 4) is 0 Å². The molecule has 9 heteroatoms. The Labute approximate surface area is 121 Å². The van der Waals surface area contributed by atoms with Crippen LogP contribution in [-0.4, -0.2) is 43.6 Å². The number of nitro benzene ring substituents is 1. The van der Waals surface area contributed by atoms with Crippen LogP contribution in [0.5, 0.6) is 0 Å². The maximum absolute atomic E-state index is 12.2. The van der Waals surface area contributed by atoms with Gasteiger partial charge in [-0.05, 0) is 13.0 Å². The van der Waals surface area contributed by atoms with Crippen LogP contribution in [0.25, 0.3) is 0 Å². The lowest BCUT2D eigenvalue weighted by molar-refractivity contribution is -0.385. The summed E-state index contributed by atoms with van der Waals surface area (Å²) in [6.07, 6.45) is -0.525. The predicted molar refractivity (Wildman–Crippen MR) is 73.5 cm³/mol. The van der Waals surface area contributed by atoms with E-state index in [1.54, 1.807) is 0 Å². The summed E-state index contributed by atoms with van der Waals surface area (Å²) in [5.74, 6) is 0. The summed E-state index contributed by atoms with van der Waals surface area (Å²) in [7, 11) is -4.07. The quantitative estimate of drug-likeness (QED) is 0.608. The van der Waals surface area contributed by atoms with Crippen LogP contribution in [0.3, 0.4) is 0 Å². The van der Waals surface area contributed by atoms with Gasteiger partial charge >= 0.3 is 0 Å². The van der Waals surface area contributed by atoms with Crippen LogP contribution >= 0.6 is 0 Å². The molecule has 1 aliphatic heterocycles. The Balaban J connectivity index is 2.56. The minimum absolute atomic E-state index is 0.264. The van der Waals surface area contributed by atoms with Crippen LogP contribution in [0.4, 0.5) is 5.69 Å². The second kappa shape index (κ2) is 6.06. The molecule has 1 saturated heterocycles. The van der Waals surface area contributed by atoms with Crippen molar-refractivity contribution in [3.63, 3.8) is 0 Å². The number of aliphatic hydroxyl groups is 1. The lowest BCUT2D eigenvalue weighted by Crippen LogP contribution is -2.34. The Morgan fingerprint density at radius 1 is 1.52 bits per heavy atom. The molecule has 0 bridgehead atoms. The molecule has 0 aromatic heterocycles. The molecule has 0 aliphatic carbocycles. The summed E-state index contributed by atoms with van der Waals surface area (Å²) in [6, 6.07) is 3.56. The smallest absolute Gasteiger partial charge is 0.270 e. The monoisotopic (exact) mass is 316 g/mol. The van der Waals surface area contributed by atoms with E-state index in [-0.39, 0.29) is 10.6 Å². The van der Waals surface area contributed by atoms with E-state index in [1.807, 2.05) is 0 Å². The van der Waals surface area contributed by atoms with Crippen molar-refractivity contribution < 1.29 is 23.2 Å². The molecule has 0 amide bonds. The van der Waals surface area contributed by atoms with E-state index in [9.17, 15) is 23.6 Å². The van der Waals surface area contributed by atoms with Crippen LogP contribution in [-0.2, 0) is 14.6 Å². The molecule has 0 saturated carbocycles. The van der Waals surface area contributed by atoms with Gasteiger partial charge in [-0.2, -0.15) is 0 Å². The van der Waals surface area contributed by atoms with Gasteiger partial charge in [0.25, 0.3) is 5.69 Å². The molecule has 1 fully saturated rings. The summed E-state index contributed by atoms with van der Waals surface area (Å²) in [5, 5.41) is 23.4. The fourth-order valence-corrected chi connectivity index (χ4v) is 3.28. The Morgan fingerprint density at radius 3 is 2.76 bits per heavy atom. The van der Waals surface area contributed by atoms with E-state index < -0.39 is 26.3 Å². The molecule has 1 aromatic carbocycles. The molecule has 1 heterocycles. The summed E-state index contributed by atoms with van der Waals surface area (Å²) in [5.41, 5.74) is -1.69. The highest BCUT2D eigenvalue weighted by Crippen LogP contribution is 2.31. The Morgan fingerprint density at radius 2 is 2.24 bits per heavy atom. The van der Waals surface area contributed by atoms with Gasteiger partial charge in [0.2, 0.25) is 9.84 Å². The molecule has 0 spiro atoms. The third kappa shape index (κ3) is 3.21. The number of morpholine rings is 1. The van der Waals surface area contributed by atoms with Crippen LogP contribution in [0.1, 0.15) is 18.6 Å². The summed E-state index contributed by atoms with van der Waals surface area (Å²) in [4.78, 5) is 9.90. The van der Waals surface area contributed by atoms with Crippen molar-refractivity contribution in [1.29, 1.82) is 0 Å². The number of nitro groups is 1. The minimum atomic E-state index is -4.07. The summed E-state index contributed by atoms with van der Waals surface area (Å²) >= 11 is 0. The fraction of sp³-hybridized carbons (Fsp3) is 0.500. The second-order valence-corrected chi connectivity index (χ2v) is 6.90. The van der Waals surface area contributed by atoms with E-state index in [4.69, 9.17) is 4.74 Å². The number of nitrogens with zero attached hydrogens (tertiary/aromatic N) is 1. The number of sulfone groups is 1. The topological polar surface area (TPSA) is 119 Å². The largest absolute Gasteiger partial charge is 0.377 e. The first-order valence-electron chi connectivity index (χ1n) is 6.36. The molecule has 2 unspecified atom stereocenters. The number of ether oxygens (including phenoxy) is 1. The van der Waals surface area contributed by atoms with Crippen LogP contribution in [0.2, 0.25) is 0 Å². The Hall–Kier alpha value is -1.55. The molecule has 8 nitrogen and oxygen atoms in total. The third-order valence-electron chi connectivity index (χ3n) is 3.24. The molecule has 2 rings (SSSR count). The first-order chi connectivity index (χ1) is 9.84. The first kappa shape index (κ1) is 15.8. The highest BCUT2D eigenvalue weighted by Gasteiger charge is 2.30. The van der Waals surface area contributed by atoms with Gasteiger partial charge in [-0.1, -0.05) is 0 Å². The summed E-state index contributed by atoms with van der Waals surface area (Å²) in [6.45, 7) is 2.58. The number of aliphatic hydroxyl groups excluding tert-OH is 1. The van der Waals surface area contributed by atoms with Crippen LogP contribution in [0.15, 0.2) is 23.1 Å². The molecular weight excluding hydrogens is 300 g/mol. The lowest BCUT2D eigenvalue weighted by Gasteiger charge is -2.25. The molecule has 1 aromatic rings. The molecule has 0 radical (unpaired) electrons. The van der Waals surface area contributed by atoms with Crippen LogP contribution in [0, 0.1) is 10.1 Å². The van der Waals surface area contributed by atoms with Crippen molar-refractivity contribution in [2.75, 3.05) is 19.7 Å². The van der Waals surface area contributed by atoms with E-state index in [2.05, 4.69) is 5.32 Å². The number of hydrogen-bond donors (Lipinski definition) is 2. The average Bonchev–Trinajstić information content (AvgIpc) is 2.47. The molecule has 2 atom stereocenters. The maximum atomic E-state index is 12.2. The van der Waals surface area contributed by atoms with Crippen molar-refractivity contribution in [2.24, 2.45) is 0 Å². The lowest BCUT2D eigenvalue weighted by atomic mass is 10.1. The van der Waals surface area contributed by atoms with Crippen molar-refractivity contribution in [3.05, 3.63) is 33.9 Å². The third-order valence-corrected chi connectivity index (χ3v) is 5.10. The summed E-state index contributed by atoms with van der Waals surface area (Å²) < 4.78 is 29.9. The predicted octanol–water partition coefficient (Wildman–Crippen LogP) is 0.368. The number of hydrogen-bond acceptors (Lipinski definition) is 7. The number of rotatable bonds is 4. The maximum Gasteiger partial charge on any atom is 0.270 e. The van der Waals surface area contributed by atoms with E-state index in [0.29, 0.717) is 25.3 Å². The zero-order chi connectivity index (χ0) is 15.6. The van der Waals surface area contributed by atoms with Gasteiger partial charge in [-0.3, -0.25) is 10.1 Å². The fourth-order valence-electron chi connectivity index (χ4n) is 2.10. The standard InChI is InChI=1S/C12H16N2O6S/c1-8(15)21(18,19)12-6-9(14(16)17)2-3-10(12)11-7-13-4-5-20-11/h2-3,6,8,11,13,15H,4-5,7H2,1H3. The Bertz CT molecular complexity index is 637. The normalized spacial score (nSPS) is 21.0. The van der Waals surface area contributed by atoms with Crippen molar-refractivity contribution in [1.82, 2.24) is 5.32 Å². The second-order valence-electron chi connectivity index (χ2n) is 4.69. The zero-order valence-corrected chi connectivity index (χ0v) is 12.2. The molecular formula is C12H16N2O6S. The number of nitrogens with one attached hydrogen (secondary N) is 1. The van der Waals surface area contributed by atoms with Gasteiger partial charge in [-0.25, -0.2) is 8.42 Å². The molecule has 1 aliphatic rings. The van der Waals surface area contributed by atoms with E-state index in [1.165, 1.54) is 12.1 Å². The van der Waals surface area contributed by atoms with Gasteiger partial charge in [0.1, 0.15) is 0 Å². The highest BCUT2D eigenvalue weighted by atomic mass is 32.2. The van der Waals surface area contributed by atoms with E-state index >= 15 is 0 Å². The van der Waals surface area contributed by atoms with Gasteiger partial charge in [0, 0.05) is 30.8 Å². The highest BCUT2D eigenvalue weighted by molar-refractivity contribution is 7.91. The number of non-ortho nitro benzene ring substituents is 1. The molecule has 2 N–H and O–H groups in total. The van der Waals surface area contributed by atoms with E-state index in [0.717, 1.165) is 13.0 Å². The van der Waals surface area contributed by atoms with Gasteiger partial charge in [0.05, 0.1) is 22.5 Å². The molecule has 116 valence electrons. The number of benzene rings is 1. The van der Waals surface area contributed by atoms with Crippen LogP contribution < -0.4 is 5.32 Å². The minimum Gasteiger partial charge on any atom is -0.377 e. The van der Waals surface area contributed by atoms with Crippen molar-refractivity contribution in [2.45, 2.75) is 23.4 Å². The van der Waals surface area contributed by atoms with Gasteiger partial charge in [0.15, 0.2) is 5.44 Å².